The van der Waals surface area contributed by atoms with Gasteiger partial charge in [0.05, 0.1) is 11.8 Å². The number of nitrogens with zero attached hydrogens (tertiary/aromatic N) is 1. The molecule has 0 radical (unpaired) electrons. The van der Waals surface area contributed by atoms with E-state index in [1.807, 2.05) is 6.92 Å². The summed E-state index contributed by atoms with van der Waals surface area (Å²) >= 11 is 0. The van der Waals surface area contributed by atoms with Gasteiger partial charge in [-0.1, -0.05) is 6.92 Å². The summed E-state index contributed by atoms with van der Waals surface area (Å²) in [4.78, 5) is 6.92. The van der Waals surface area contributed by atoms with Gasteiger partial charge in [-0.3, -0.25) is 0 Å². The lowest BCUT2D eigenvalue weighted by Crippen LogP contribution is -2.30. The standard InChI is InChI=1S/C11H22N4O2S/c1-3-12-6-4-5-9-18(16,17)15-10(2)11-13-7-8-14-11/h7-8,10,12,15H,3-6,9H2,1-2H3,(H,13,14). The fourth-order valence-corrected chi connectivity index (χ4v) is 2.97. The topological polar surface area (TPSA) is 86.9 Å². The van der Waals surface area contributed by atoms with E-state index in [1.54, 1.807) is 19.3 Å². The van der Waals surface area contributed by atoms with Crippen molar-refractivity contribution in [2.45, 2.75) is 32.7 Å². The molecule has 1 heterocycles. The Labute approximate surface area is 109 Å². The van der Waals surface area contributed by atoms with Gasteiger partial charge in [0.1, 0.15) is 5.82 Å². The van der Waals surface area contributed by atoms with E-state index >= 15 is 0 Å². The SMILES string of the molecule is CCNCCCCS(=O)(=O)NC(C)c1ncc[nH]1. The normalized spacial score (nSPS) is 13.7. The molecule has 3 N–H and O–H groups in total. The van der Waals surface area contributed by atoms with Gasteiger partial charge >= 0.3 is 0 Å². The Bertz CT molecular complexity index is 416. The Hall–Kier alpha value is -0.920. The number of hydrogen-bond donors (Lipinski definition) is 3. The van der Waals surface area contributed by atoms with Crippen LogP contribution in [0.1, 0.15) is 38.6 Å². The predicted octanol–water partition coefficient (Wildman–Crippen LogP) is 0.780. The van der Waals surface area contributed by atoms with Crippen LogP contribution in [0.15, 0.2) is 12.4 Å². The first-order valence-corrected chi connectivity index (χ1v) is 7.90. The van der Waals surface area contributed by atoms with E-state index in [0.29, 0.717) is 12.2 Å². The van der Waals surface area contributed by atoms with Gasteiger partial charge in [0.2, 0.25) is 10.0 Å². The Morgan fingerprint density at radius 3 is 2.83 bits per heavy atom. The summed E-state index contributed by atoms with van der Waals surface area (Å²) in [6.07, 6.45) is 4.81. The minimum Gasteiger partial charge on any atom is -0.347 e. The van der Waals surface area contributed by atoms with Crippen LogP contribution in [0.4, 0.5) is 0 Å². The van der Waals surface area contributed by atoms with E-state index < -0.39 is 10.0 Å². The minimum atomic E-state index is -3.23. The fourth-order valence-electron chi connectivity index (χ4n) is 1.62. The molecule has 1 atom stereocenters. The Balaban J connectivity index is 2.31. The van der Waals surface area contributed by atoms with Crippen LogP contribution in [-0.4, -0.2) is 37.2 Å². The average Bonchev–Trinajstić information content (AvgIpc) is 2.81. The van der Waals surface area contributed by atoms with Gasteiger partial charge < -0.3 is 10.3 Å². The third-order valence-corrected chi connectivity index (χ3v) is 4.09. The lowest BCUT2D eigenvalue weighted by Gasteiger charge is -2.12. The number of imidazole rings is 1. The van der Waals surface area contributed by atoms with E-state index in [9.17, 15) is 8.42 Å². The smallest absolute Gasteiger partial charge is 0.212 e. The summed E-state index contributed by atoms with van der Waals surface area (Å²) in [6, 6.07) is -0.321. The molecule has 0 fully saturated rings. The molecule has 0 spiro atoms. The van der Waals surface area contributed by atoms with Crippen molar-refractivity contribution in [3.05, 3.63) is 18.2 Å². The molecule has 1 aromatic rings. The van der Waals surface area contributed by atoms with Gasteiger partial charge in [-0.2, -0.15) is 0 Å². The average molecular weight is 274 g/mol. The maximum Gasteiger partial charge on any atom is 0.212 e. The number of sulfonamides is 1. The summed E-state index contributed by atoms with van der Waals surface area (Å²) in [5.41, 5.74) is 0. The number of nitrogens with one attached hydrogen (secondary N) is 3. The third-order valence-electron chi connectivity index (χ3n) is 2.55. The second-order valence-corrected chi connectivity index (χ2v) is 6.07. The Kier molecular flexibility index (Phi) is 6.31. The first kappa shape index (κ1) is 15.1. The molecule has 0 aliphatic rings. The first-order chi connectivity index (χ1) is 8.55. The summed E-state index contributed by atoms with van der Waals surface area (Å²) in [5.74, 6) is 0.787. The Morgan fingerprint density at radius 2 is 2.22 bits per heavy atom. The van der Waals surface area contributed by atoms with Crippen LogP contribution in [0.5, 0.6) is 0 Å². The zero-order chi connectivity index (χ0) is 13.4. The number of hydrogen-bond acceptors (Lipinski definition) is 4. The highest BCUT2D eigenvalue weighted by Gasteiger charge is 2.16. The van der Waals surface area contributed by atoms with Crippen molar-refractivity contribution in [3.8, 4) is 0 Å². The maximum absolute atomic E-state index is 11.8. The molecule has 0 saturated carbocycles. The number of rotatable bonds is 9. The number of H-pyrrole nitrogens is 1. The molecule has 0 aliphatic heterocycles. The van der Waals surface area contributed by atoms with Crippen molar-refractivity contribution in [2.24, 2.45) is 0 Å². The minimum absolute atomic E-state index is 0.156. The van der Waals surface area contributed by atoms with Crippen LogP contribution in [0, 0.1) is 0 Å². The van der Waals surface area contributed by atoms with E-state index in [0.717, 1.165) is 19.5 Å². The molecular formula is C11H22N4O2S. The molecule has 0 bridgehead atoms. The van der Waals surface area contributed by atoms with Crippen molar-refractivity contribution in [1.29, 1.82) is 0 Å². The molecule has 0 amide bonds. The van der Waals surface area contributed by atoms with Crippen molar-refractivity contribution in [1.82, 2.24) is 20.0 Å². The second-order valence-electron chi connectivity index (χ2n) is 4.19. The molecule has 0 aliphatic carbocycles. The summed E-state index contributed by atoms with van der Waals surface area (Å²) in [7, 11) is -3.23. The van der Waals surface area contributed by atoms with Gasteiger partial charge in [0.25, 0.3) is 0 Å². The molecule has 1 rings (SSSR count). The van der Waals surface area contributed by atoms with Gasteiger partial charge in [0.15, 0.2) is 0 Å². The monoisotopic (exact) mass is 274 g/mol. The first-order valence-electron chi connectivity index (χ1n) is 6.25. The molecule has 7 heteroatoms. The van der Waals surface area contributed by atoms with Crippen LogP contribution in [0.3, 0.4) is 0 Å². The van der Waals surface area contributed by atoms with Crippen LogP contribution in [-0.2, 0) is 10.0 Å². The highest BCUT2D eigenvalue weighted by molar-refractivity contribution is 7.89. The zero-order valence-electron chi connectivity index (χ0n) is 10.9. The lowest BCUT2D eigenvalue weighted by molar-refractivity contribution is 0.555. The van der Waals surface area contributed by atoms with Crippen LogP contribution in [0.2, 0.25) is 0 Å². The van der Waals surface area contributed by atoms with Crippen LogP contribution < -0.4 is 10.0 Å². The van der Waals surface area contributed by atoms with Crippen LogP contribution in [0.25, 0.3) is 0 Å². The van der Waals surface area contributed by atoms with Crippen molar-refractivity contribution >= 4 is 10.0 Å². The van der Waals surface area contributed by atoms with Gasteiger partial charge in [-0.25, -0.2) is 18.1 Å². The molecule has 1 unspecified atom stereocenters. The number of unbranched alkanes of at least 4 members (excludes halogenated alkanes) is 1. The quantitative estimate of drug-likeness (QED) is 0.581. The van der Waals surface area contributed by atoms with Crippen molar-refractivity contribution in [2.75, 3.05) is 18.8 Å². The molecule has 1 aromatic heterocycles. The van der Waals surface area contributed by atoms with E-state index in [-0.39, 0.29) is 11.8 Å². The number of aromatic nitrogens is 2. The van der Waals surface area contributed by atoms with Gasteiger partial charge in [0, 0.05) is 12.4 Å². The van der Waals surface area contributed by atoms with Crippen molar-refractivity contribution in [3.63, 3.8) is 0 Å². The van der Waals surface area contributed by atoms with Crippen molar-refractivity contribution < 1.29 is 8.42 Å². The molecule has 104 valence electrons. The summed E-state index contributed by atoms with van der Waals surface area (Å²) in [5, 5.41) is 3.17. The molecule has 6 nitrogen and oxygen atoms in total. The lowest BCUT2D eigenvalue weighted by atomic mass is 10.3. The zero-order valence-corrected chi connectivity index (χ0v) is 11.8. The predicted molar refractivity (Wildman–Crippen MR) is 71.7 cm³/mol. The highest BCUT2D eigenvalue weighted by Crippen LogP contribution is 2.07. The summed E-state index contributed by atoms with van der Waals surface area (Å²) in [6.45, 7) is 5.58. The Morgan fingerprint density at radius 1 is 1.44 bits per heavy atom. The second kappa shape index (κ2) is 7.50. The maximum atomic E-state index is 11.8. The van der Waals surface area contributed by atoms with Crippen LogP contribution >= 0.6 is 0 Å². The third kappa shape index (κ3) is 5.61. The largest absolute Gasteiger partial charge is 0.347 e. The molecule has 0 saturated heterocycles. The highest BCUT2D eigenvalue weighted by atomic mass is 32.2. The number of aromatic amines is 1. The van der Waals surface area contributed by atoms with E-state index in [4.69, 9.17) is 0 Å². The van der Waals surface area contributed by atoms with Gasteiger partial charge in [-0.05, 0) is 32.9 Å². The van der Waals surface area contributed by atoms with E-state index in [1.165, 1.54) is 0 Å². The fraction of sp³-hybridized carbons (Fsp3) is 0.727. The molecule has 18 heavy (non-hydrogen) atoms. The van der Waals surface area contributed by atoms with E-state index in [2.05, 4.69) is 20.0 Å². The molecule has 0 aromatic carbocycles. The van der Waals surface area contributed by atoms with Gasteiger partial charge in [-0.15, -0.1) is 0 Å². The molecular weight excluding hydrogens is 252 g/mol. The summed E-state index contributed by atoms with van der Waals surface area (Å²) < 4.78 is 26.2.